The van der Waals surface area contributed by atoms with Gasteiger partial charge in [0.15, 0.2) is 24.0 Å². The summed E-state index contributed by atoms with van der Waals surface area (Å²) in [4.78, 5) is 8.13. The summed E-state index contributed by atoms with van der Waals surface area (Å²) in [6.45, 7) is 7.70. The van der Waals surface area contributed by atoms with Gasteiger partial charge in [-0.2, -0.15) is 5.10 Å². The third kappa shape index (κ3) is 6.44. The molecule has 1 aliphatic heterocycles. The number of fused-ring (bicyclic) bond motifs is 1. The first-order valence-electron chi connectivity index (χ1n) is 13.6. The van der Waals surface area contributed by atoms with Gasteiger partial charge in [0.05, 0.1) is 11.1 Å². The highest BCUT2D eigenvalue weighted by molar-refractivity contribution is 6.55. The summed E-state index contributed by atoms with van der Waals surface area (Å²) in [5, 5.41) is 7.50. The fourth-order valence-electron chi connectivity index (χ4n) is 4.48. The number of nitrogens with zero attached hydrogens (tertiary/aromatic N) is 5. The summed E-state index contributed by atoms with van der Waals surface area (Å²) in [7, 11) is -0.778. The highest BCUT2D eigenvalue weighted by atomic mass is 28.3. The molecule has 0 saturated heterocycles. The van der Waals surface area contributed by atoms with E-state index in [2.05, 4.69) is 33.5 Å². The Morgan fingerprint density at radius 3 is 2.57 bits per heavy atom. The summed E-state index contributed by atoms with van der Waals surface area (Å²) in [6, 6.07) is 6.16. The molecular formula is C28H32F4N6O3Si. The molecule has 0 saturated carbocycles. The van der Waals surface area contributed by atoms with Gasteiger partial charge in [0.2, 0.25) is 0 Å². The second-order valence-electron chi connectivity index (χ2n) is 10.8. The van der Waals surface area contributed by atoms with Crippen molar-refractivity contribution in [1.82, 2.24) is 19.3 Å². The average molecular weight is 605 g/mol. The zero-order valence-electron chi connectivity index (χ0n) is 23.7. The summed E-state index contributed by atoms with van der Waals surface area (Å²) in [5.41, 5.74) is 1.93. The predicted molar refractivity (Wildman–Crippen MR) is 154 cm³/mol. The lowest BCUT2D eigenvalue weighted by atomic mass is 10.1. The van der Waals surface area contributed by atoms with Gasteiger partial charge in [-0.3, -0.25) is 4.68 Å². The van der Waals surface area contributed by atoms with Crippen LogP contribution < -0.4 is 10.1 Å². The van der Waals surface area contributed by atoms with Crippen molar-refractivity contribution in [2.24, 2.45) is 4.99 Å². The van der Waals surface area contributed by atoms with Crippen LogP contribution in [0.4, 0.5) is 23.2 Å². The Balaban J connectivity index is 1.50. The number of hydrogen-bond acceptors (Lipinski definition) is 7. The molecule has 0 aliphatic carbocycles. The van der Waals surface area contributed by atoms with Crippen LogP contribution in [0.1, 0.15) is 19.9 Å². The summed E-state index contributed by atoms with van der Waals surface area (Å²) < 4.78 is 77.4. The van der Waals surface area contributed by atoms with Gasteiger partial charge in [0.25, 0.3) is 6.02 Å². The van der Waals surface area contributed by atoms with Gasteiger partial charge in [-0.25, -0.2) is 27.5 Å². The van der Waals surface area contributed by atoms with Gasteiger partial charge in [0.1, 0.15) is 24.7 Å². The van der Waals surface area contributed by atoms with E-state index in [9.17, 15) is 8.78 Å². The molecule has 1 aliphatic rings. The molecule has 0 bridgehead atoms. The number of anilines is 1. The molecule has 0 fully saturated rings. The highest BCUT2D eigenvalue weighted by Gasteiger charge is 2.34. The largest absolute Gasteiger partial charge is 0.459 e. The van der Waals surface area contributed by atoms with Crippen LogP contribution in [0.15, 0.2) is 47.8 Å². The maximum Gasteiger partial charge on any atom is 0.300 e. The molecule has 0 spiro atoms. The first-order valence-corrected chi connectivity index (χ1v) is 16.7. The average Bonchev–Trinajstić information content (AvgIpc) is 3.55. The van der Waals surface area contributed by atoms with Crippen LogP contribution in [0.2, 0.25) is 19.1 Å². The third-order valence-corrected chi connectivity index (χ3v) is 7.95. The minimum absolute atomic E-state index is 0.0422. The monoisotopic (exact) mass is 604 g/mol. The van der Waals surface area contributed by atoms with E-state index in [1.54, 1.807) is 6.20 Å². The lowest BCUT2D eigenvalue weighted by Crippen LogP contribution is -2.36. The molecule has 4 aromatic rings. The normalized spacial score (nSPS) is 14.9. The van der Waals surface area contributed by atoms with E-state index in [1.807, 2.05) is 35.4 Å². The second-order valence-corrected chi connectivity index (χ2v) is 14.1. The number of aromatic nitrogens is 4. The Kier molecular flexibility index (Phi) is 8.55. The Bertz CT molecular complexity index is 1580. The minimum atomic E-state index is -3.10. The minimum Gasteiger partial charge on any atom is -0.459 e. The van der Waals surface area contributed by atoms with Crippen molar-refractivity contribution >= 4 is 31.5 Å². The van der Waals surface area contributed by atoms with Crippen LogP contribution in [0.3, 0.4) is 0 Å². The van der Waals surface area contributed by atoms with E-state index in [1.165, 1.54) is 12.3 Å². The van der Waals surface area contributed by atoms with Gasteiger partial charge in [0, 0.05) is 63.4 Å². The Morgan fingerprint density at radius 1 is 1.14 bits per heavy atom. The highest BCUT2D eigenvalue weighted by Crippen LogP contribution is 2.40. The molecule has 0 unspecified atom stereocenters. The zero-order valence-corrected chi connectivity index (χ0v) is 24.9. The molecule has 1 aromatic carbocycles. The summed E-state index contributed by atoms with van der Waals surface area (Å²) >= 11 is 0. The zero-order chi connectivity index (χ0) is 30.0. The van der Waals surface area contributed by atoms with E-state index < -0.39 is 45.3 Å². The number of aliphatic imine (C=N–C) groups is 1. The molecule has 14 heteroatoms. The Labute approximate surface area is 241 Å². The molecule has 3 aromatic heterocycles. The number of hydrogen-bond donors (Lipinski definition) is 1. The molecule has 224 valence electrons. The van der Waals surface area contributed by atoms with Crippen molar-refractivity contribution in [1.29, 1.82) is 0 Å². The molecule has 5 rings (SSSR count). The van der Waals surface area contributed by atoms with Crippen molar-refractivity contribution in [2.75, 3.05) is 25.1 Å². The van der Waals surface area contributed by atoms with E-state index >= 15 is 8.78 Å². The molecule has 4 heterocycles. The van der Waals surface area contributed by atoms with Crippen molar-refractivity contribution in [3.05, 3.63) is 54.5 Å². The Morgan fingerprint density at radius 2 is 1.90 bits per heavy atom. The van der Waals surface area contributed by atoms with Gasteiger partial charge < -0.3 is 24.1 Å². The van der Waals surface area contributed by atoms with Crippen LogP contribution >= 0.6 is 0 Å². The Hall–Kier alpha value is -3.91. The lowest BCUT2D eigenvalue weighted by molar-refractivity contribution is -0.0456. The number of pyridine rings is 1. The van der Waals surface area contributed by atoms with Crippen LogP contribution in [0, 0.1) is 11.6 Å². The number of amidine groups is 1. The van der Waals surface area contributed by atoms with Crippen LogP contribution in [0.25, 0.3) is 22.3 Å². The smallest absolute Gasteiger partial charge is 0.300 e. The van der Waals surface area contributed by atoms with E-state index in [0.29, 0.717) is 23.2 Å². The van der Waals surface area contributed by atoms with E-state index in [4.69, 9.17) is 14.2 Å². The van der Waals surface area contributed by atoms with E-state index in [0.717, 1.165) is 23.9 Å². The molecule has 9 nitrogen and oxygen atoms in total. The number of alkyl halides is 2. The SMILES string of the molecule is CC(C)n1nccc1-c1cn(COCC[SiH](C)C)c2nccc(Oc3c(F)cc(NC4=NCC(F)(F)CO4)cc3F)c12. The van der Waals surface area contributed by atoms with Crippen LogP contribution in [0.5, 0.6) is 11.5 Å². The van der Waals surface area contributed by atoms with Gasteiger partial charge in [-0.15, -0.1) is 0 Å². The standard InChI is InChI=1S/C28H32F4N6O3Si/c1-17(2)38-22(5-8-35-38)19-13-37(16-39-9-10-42(3)4)26-24(19)23(6-7-33-26)41-25-20(29)11-18(12-21(25)30)36-27-34-14-28(31,32)15-40-27/h5-8,11-13,17,42H,9-10,14-16H2,1-4H3,(H,34,36). The van der Waals surface area contributed by atoms with Crippen molar-refractivity contribution in [3.8, 4) is 22.8 Å². The summed E-state index contributed by atoms with van der Waals surface area (Å²) in [6.07, 6.45) is 5.06. The van der Waals surface area contributed by atoms with Crippen LogP contribution in [-0.4, -0.2) is 59.8 Å². The van der Waals surface area contributed by atoms with Gasteiger partial charge >= 0.3 is 5.92 Å². The number of halogens is 4. The van der Waals surface area contributed by atoms with Gasteiger partial charge in [-0.1, -0.05) is 13.1 Å². The molecule has 0 radical (unpaired) electrons. The maximum atomic E-state index is 15.2. The van der Waals surface area contributed by atoms with Crippen molar-refractivity contribution in [2.45, 2.75) is 51.7 Å². The second kappa shape index (κ2) is 12.1. The molecular weight excluding hydrogens is 572 g/mol. The third-order valence-electron chi connectivity index (χ3n) is 6.56. The van der Waals surface area contributed by atoms with Crippen LogP contribution in [-0.2, 0) is 16.2 Å². The number of ether oxygens (including phenoxy) is 3. The molecule has 1 N–H and O–H groups in total. The number of nitrogens with one attached hydrogen (secondary N) is 1. The lowest BCUT2D eigenvalue weighted by Gasteiger charge is -2.22. The molecule has 42 heavy (non-hydrogen) atoms. The van der Waals surface area contributed by atoms with Gasteiger partial charge in [-0.05, 0) is 32.0 Å². The van der Waals surface area contributed by atoms with Crippen molar-refractivity contribution in [3.63, 3.8) is 0 Å². The fraction of sp³-hybridized carbons (Fsp3) is 0.393. The number of benzene rings is 1. The fourth-order valence-corrected chi connectivity index (χ4v) is 5.11. The first kappa shape index (κ1) is 29.6. The van der Waals surface area contributed by atoms with Crippen molar-refractivity contribution < 1.29 is 31.8 Å². The first-order chi connectivity index (χ1) is 20.0. The molecule has 0 amide bonds. The number of rotatable bonds is 10. The van der Waals surface area contributed by atoms with E-state index in [-0.39, 0.29) is 30.2 Å². The topological polar surface area (TPSA) is 87.7 Å². The predicted octanol–water partition coefficient (Wildman–Crippen LogP) is 6.45. The summed E-state index contributed by atoms with van der Waals surface area (Å²) in [5.74, 6) is -5.58. The maximum absolute atomic E-state index is 15.2. The quantitative estimate of drug-likeness (QED) is 0.127. The molecule has 0 atom stereocenters.